The van der Waals surface area contributed by atoms with Gasteiger partial charge in [0.1, 0.15) is 12.4 Å². The summed E-state index contributed by atoms with van der Waals surface area (Å²) < 4.78 is 16.4. The molecule has 5 heteroatoms. The normalized spacial score (nSPS) is 11.4. The summed E-state index contributed by atoms with van der Waals surface area (Å²) in [5.74, 6) is 1.76. The van der Waals surface area contributed by atoms with Crippen molar-refractivity contribution in [2.75, 3.05) is 14.2 Å². The van der Waals surface area contributed by atoms with Crippen molar-refractivity contribution in [1.29, 1.82) is 0 Å². The molecule has 29 heavy (non-hydrogen) atoms. The average molecular weight is 391 g/mol. The molecular formula is C24H25NO4. The second-order valence-electron chi connectivity index (χ2n) is 6.61. The molecule has 3 aromatic carbocycles. The van der Waals surface area contributed by atoms with E-state index in [4.69, 9.17) is 14.2 Å². The molecule has 0 saturated carbocycles. The van der Waals surface area contributed by atoms with Crippen LogP contribution in [0.2, 0.25) is 0 Å². The number of methoxy groups -OCH3 is 2. The van der Waals surface area contributed by atoms with Crippen LogP contribution >= 0.6 is 0 Å². The van der Waals surface area contributed by atoms with E-state index in [1.165, 1.54) is 0 Å². The number of carbonyl (C=O) groups is 1. The molecule has 0 saturated heterocycles. The van der Waals surface area contributed by atoms with Gasteiger partial charge in [-0.2, -0.15) is 0 Å². The predicted molar refractivity (Wildman–Crippen MR) is 113 cm³/mol. The van der Waals surface area contributed by atoms with Crippen LogP contribution in [0.4, 0.5) is 0 Å². The van der Waals surface area contributed by atoms with Crippen LogP contribution in [-0.2, 0) is 6.61 Å². The summed E-state index contributed by atoms with van der Waals surface area (Å²) in [5, 5.41) is 3.01. The lowest BCUT2D eigenvalue weighted by molar-refractivity contribution is 0.0939. The van der Waals surface area contributed by atoms with E-state index >= 15 is 0 Å². The van der Waals surface area contributed by atoms with Gasteiger partial charge in [0.2, 0.25) is 0 Å². The van der Waals surface area contributed by atoms with Gasteiger partial charge in [-0.1, -0.05) is 42.5 Å². The molecule has 0 bridgehead atoms. The maximum atomic E-state index is 12.7. The third-order valence-electron chi connectivity index (χ3n) is 4.60. The lowest BCUT2D eigenvalue weighted by Gasteiger charge is -2.17. The molecule has 1 N–H and O–H groups in total. The third-order valence-corrected chi connectivity index (χ3v) is 4.60. The van der Waals surface area contributed by atoms with E-state index < -0.39 is 0 Å². The van der Waals surface area contributed by atoms with Gasteiger partial charge in [0.25, 0.3) is 5.91 Å². The molecule has 0 spiro atoms. The van der Waals surface area contributed by atoms with Crippen molar-refractivity contribution in [3.8, 4) is 17.2 Å². The van der Waals surface area contributed by atoms with Crippen molar-refractivity contribution < 1.29 is 19.0 Å². The maximum absolute atomic E-state index is 12.7. The van der Waals surface area contributed by atoms with Gasteiger partial charge in [-0.15, -0.1) is 0 Å². The summed E-state index contributed by atoms with van der Waals surface area (Å²) in [7, 11) is 3.18. The molecule has 0 aromatic heterocycles. The van der Waals surface area contributed by atoms with Gasteiger partial charge in [0, 0.05) is 5.56 Å². The average Bonchev–Trinajstić information content (AvgIpc) is 2.78. The van der Waals surface area contributed by atoms with Crippen LogP contribution in [-0.4, -0.2) is 20.1 Å². The number of rotatable bonds is 8. The van der Waals surface area contributed by atoms with Crippen molar-refractivity contribution in [3.63, 3.8) is 0 Å². The Labute approximate surface area is 171 Å². The highest BCUT2D eigenvalue weighted by Crippen LogP contribution is 2.30. The number of carbonyl (C=O) groups excluding carboxylic acids is 1. The molecule has 5 nitrogen and oxygen atoms in total. The molecular weight excluding hydrogens is 366 g/mol. The standard InChI is InChI=1S/C24H25NO4/c1-17(19-12-13-22(27-2)23(15-19)28-3)25-24(26)20-10-7-11-21(14-20)29-16-18-8-5-4-6-9-18/h4-15,17H,16H2,1-3H3,(H,25,26)/t17-/m1/s1. The molecule has 0 unspecified atom stereocenters. The predicted octanol–water partition coefficient (Wildman–Crippen LogP) is 4.77. The summed E-state index contributed by atoms with van der Waals surface area (Å²) in [6.45, 7) is 2.38. The van der Waals surface area contributed by atoms with E-state index in [-0.39, 0.29) is 11.9 Å². The largest absolute Gasteiger partial charge is 0.493 e. The first-order valence-electron chi connectivity index (χ1n) is 9.40. The first kappa shape index (κ1) is 20.3. The van der Waals surface area contributed by atoms with Gasteiger partial charge in [0.15, 0.2) is 11.5 Å². The van der Waals surface area contributed by atoms with Gasteiger partial charge in [-0.25, -0.2) is 0 Å². The number of hydrogen-bond acceptors (Lipinski definition) is 4. The second kappa shape index (κ2) is 9.64. The SMILES string of the molecule is COc1ccc([C@@H](C)NC(=O)c2cccc(OCc3ccccc3)c2)cc1OC. The molecule has 0 aliphatic rings. The fraction of sp³-hybridized carbons (Fsp3) is 0.208. The summed E-state index contributed by atoms with van der Waals surface area (Å²) in [6, 6.07) is 22.5. The molecule has 0 aliphatic carbocycles. The number of amides is 1. The minimum absolute atomic E-state index is 0.169. The summed E-state index contributed by atoms with van der Waals surface area (Å²) in [5.41, 5.74) is 2.54. The van der Waals surface area contributed by atoms with E-state index in [2.05, 4.69) is 5.32 Å². The van der Waals surface area contributed by atoms with Gasteiger partial charge in [-0.05, 0) is 48.4 Å². The van der Waals surface area contributed by atoms with E-state index in [0.29, 0.717) is 29.4 Å². The first-order chi connectivity index (χ1) is 14.1. The summed E-state index contributed by atoms with van der Waals surface area (Å²) in [6.07, 6.45) is 0. The Morgan fingerprint density at radius 3 is 2.38 bits per heavy atom. The summed E-state index contributed by atoms with van der Waals surface area (Å²) in [4.78, 5) is 12.7. The van der Waals surface area contributed by atoms with E-state index in [0.717, 1.165) is 11.1 Å². The van der Waals surface area contributed by atoms with Crippen molar-refractivity contribution in [2.24, 2.45) is 0 Å². The van der Waals surface area contributed by atoms with E-state index in [9.17, 15) is 4.79 Å². The molecule has 0 radical (unpaired) electrons. The highest BCUT2D eigenvalue weighted by Gasteiger charge is 2.14. The smallest absolute Gasteiger partial charge is 0.251 e. The topological polar surface area (TPSA) is 56.8 Å². The van der Waals surface area contributed by atoms with Crippen molar-refractivity contribution in [3.05, 3.63) is 89.5 Å². The van der Waals surface area contributed by atoms with Gasteiger partial charge >= 0.3 is 0 Å². The molecule has 0 aliphatic heterocycles. The highest BCUT2D eigenvalue weighted by atomic mass is 16.5. The Morgan fingerprint density at radius 1 is 0.897 bits per heavy atom. The molecule has 0 heterocycles. The van der Waals surface area contributed by atoms with Crippen LogP contribution in [0, 0.1) is 0 Å². The van der Waals surface area contributed by atoms with Gasteiger partial charge in [0.05, 0.1) is 20.3 Å². The third kappa shape index (κ3) is 5.29. The minimum atomic E-state index is -0.198. The van der Waals surface area contributed by atoms with E-state index in [1.807, 2.05) is 67.6 Å². The minimum Gasteiger partial charge on any atom is -0.493 e. The molecule has 1 amide bonds. The molecule has 3 rings (SSSR count). The molecule has 3 aromatic rings. The number of hydrogen-bond donors (Lipinski definition) is 1. The Morgan fingerprint density at radius 2 is 1.66 bits per heavy atom. The monoisotopic (exact) mass is 391 g/mol. The van der Waals surface area contributed by atoms with Crippen LogP contribution in [0.3, 0.4) is 0 Å². The zero-order valence-corrected chi connectivity index (χ0v) is 16.8. The van der Waals surface area contributed by atoms with Gasteiger partial charge < -0.3 is 19.5 Å². The number of nitrogens with one attached hydrogen (secondary N) is 1. The van der Waals surface area contributed by atoms with Crippen molar-refractivity contribution >= 4 is 5.91 Å². The van der Waals surface area contributed by atoms with Crippen molar-refractivity contribution in [1.82, 2.24) is 5.32 Å². The second-order valence-corrected chi connectivity index (χ2v) is 6.61. The molecule has 0 fully saturated rings. The van der Waals surface area contributed by atoms with Crippen LogP contribution in [0.5, 0.6) is 17.2 Å². The fourth-order valence-electron chi connectivity index (χ4n) is 2.95. The number of ether oxygens (including phenoxy) is 3. The Balaban J connectivity index is 1.66. The molecule has 1 atom stereocenters. The highest BCUT2D eigenvalue weighted by molar-refractivity contribution is 5.94. The van der Waals surface area contributed by atoms with Crippen LogP contribution in [0.1, 0.15) is 34.5 Å². The fourth-order valence-corrected chi connectivity index (χ4v) is 2.95. The zero-order chi connectivity index (χ0) is 20.6. The quantitative estimate of drug-likeness (QED) is 0.601. The molecule has 150 valence electrons. The lowest BCUT2D eigenvalue weighted by atomic mass is 10.1. The van der Waals surface area contributed by atoms with Crippen molar-refractivity contribution in [2.45, 2.75) is 19.6 Å². The maximum Gasteiger partial charge on any atom is 0.251 e. The van der Waals surface area contributed by atoms with Crippen LogP contribution in [0.15, 0.2) is 72.8 Å². The van der Waals surface area contributed by atoms with Gasteiger partial charge in [-0.3, -0.25) is 4.79 Å². The summed E-state index contributed by atoms with van der Waals surface area (Å²) >= 11 is 0. The van der Waals surface area contributed by atoms with Crippen LogP contribution < -0.4 is 19.5 Å². The lowest BCUT2D eigenvalue weighted by Crippen LogP contribution is -2.26. The van der Waals surface area contributed by atoms with E-state index in [1.54, 1.807) is 26.4 Å². The zero-order valence-electron chi connectivity index (χ0n) is 16.8. The Hall–Kier alpha value is -3.47. The van der Waals surface area contributed by atoms with Crippen LogP contribution in [0.25, 0.3) is 0 Å². The Bertz CT molecular complexity index is 956. The Kier molecular flexibility index (Phi) is 6.74. The number of benzene rings is 3. The first-order valence-corrected chi connectivity index (χ1v) is 9.40.